The molecule has 5 heteroatoms. The number of nitrogens with one attached hydrogen (secondary N) is 2. The largest absolute Gasteiger partial charge is 0.468 e. The maximum absolute atomic E-state index is 13.8. The van der Waals surface area contributed by atoms with Crippen molar-refractivity contribution in [3.63, 3.8) is 0 Å². The summed E-state index contributed by atoms with van der Waals surface area (Å²) in [6.07, 6.45) is 0.595. The number of benzene rings is 3. The van der Waals surface area contributed by atoms with Crippen molar-refractivity contribution in [1.29, 1.82) is 0 Å². The molecule has 0 spiro atoms. The third-order valence-corrected chi connectivity index (χ3v) is 6.36. The highest BCUT2D eigenvalue weighted by molar-refractivity contribution is 6.12. The monoisotopic (exact) mass is 412 g/mol. The molecule has 0 bridgehead atoms. The van der Waals surface area contributed by atoms with E-state index in [-0.39, 0.29) is 17.7 Å². The summed E-state index contributed by atoms with van der Waals surface area (Å²) in [4.78, 5) is 26.3. The topological polar surface area (TPSA) is 67.4 Å². The summed E-state index contributed by atoms with van der Waals surface area (Å²) in [5, 5.41) is 9.27. The zero-order valence-corrected chi connectivity index (χ0v) is 17.5. The van der Waals surface area contributed by atoms with Crippen molar-refractivity contribution in [3.05, 3.63) is 83.6 Å². The van der Waals surface area contributed by atoms with E-state index in [1.54, 1.807) is 0 Å². The molecule has 1 aliphatic heterocycles. The minimum Gasteiger partial charge on any atom is -0.468 e. The van der Waals surface area contributed by atoms with Gasteiger partial charge in [-0.25, -0.2) is 0 Å². The van der Waals surface area contributed by atoms with Gasteiger partial charge in [0.05, 0.1) is 24.5 Å². The lowest BCUT2D eigenvalue weighted by atomic mass is 9.74. The summed E-state index contributed by atoms with van der Waals surface area (Å²) in [7, 11) is 1.34. The standard InChI is InChI=1S/C26H24N2O3/c1-15-14-21-23(25(29)22(15)26(30)31-2)24(28-20-13-6-5-12-19(20)27-21)18-11-7-9-16-8-3-4-10-17(16)18/h3-13,15,22,24,27-28H,14H2,1-2H3/t15-,22+,24-/m1/s1. The van der Waals surface area contributed by atoms with E-state index < -0.39 is 11.9 Å². The van der Waals surface area contributed by atoms with Crippen LogP contribution in [0.3, 0.4) is 0 Å². The number of carbonyl (C=O) groups excluding carboxylic acids is 2. The summed E-state index contributed by atoms with van der Waals surface area (Å²) in [6.45, 7) is 1.93. The van der Waals surface area contributed by atoms with Crippen LogP contribution in [0.15, 0.2) is 78.0 Å². The number of hydrogen-bond acceptors (Lipinski definition) is 5. The first-order chi connectivity index (χ1) is 15.1. The van der Waals surface area contributed by atoms with Gasteiger partial charge in [0.25, 0.3) is 0 Å². The molecule has 2 aliphatic rings. The first-order valence-electron chi connectivity index (χ1n) is 10.5. The first-order valence-corrected chi connectivity index (χ1v) is 10.5. The second-order valence-electron chi connectivity index (χ2n) is 8.26. The van der Waals surface area contributed by atoms with Crippen molar-refractivity contribution < 1.29 is 14.3 Å². The molecule has 3 atom stereocenters. The van der Waals surface area contributed by atoms with Crippen LogP contribution in [0, 0.1) is 11.8 Å². The quantitative estimate of drug-likeness (QED) is 0.454. The van der Waals surface area contributed by atoms with Crippen molar-refractivity contribution >= 4 is 33.9 Å². The summed E-state index contributed by atoms with van der Waals surface area (Å²) in [5.74, 6) is -1.59. The Bertz CT molecular complexity index is 1220. The molecule has 1 heterocycles. The van der Waals surface area contributed by atoms with E-state index in [9.17, 15) is 9.59 Å². The predicted molar refractivity (Wildman–Crippen MR) is 122 cm³/mol. The molecule has 5 nitrogen and oxygen atoms in total. The molecular weight excluding hydrogens is 388 g/mol. The average molecular weight is 412 g/mol. The highest BCUT2D eigenvalue weighted by atomic mass is 16.5. The fourth-order valence-corrected chi connectivity index (χ4v) is 4.87. The number of para-hydroxylation sites is 2. The molecule has 156 valence electrons. The summed E-state index contributed by atoms with van der Waals surface area (Å²) >= 11 is 0. The number of ketones is 1. The zero-order valence-electron chi connectivity index (χ0n) is 17.5. The van der Waals surface area contributed by atoms with E-state index in [4.69, 9.17) is 4.74 Å². The molecule has 0 radical (unpaired) electrons. The Balaban J connectivity index is 1.74. The fraction of sp³-hybridized carbons (Fsp3) is 0.231. The highest BCUT2D eigenvalue weighted by Gasteiger charge is 2.44. The molecule has 3 aromatic carbocycles. The van der Waals surface area contributed by atoms with Crippen LogP contribution in [0.1, 0.15) is 24.9 Å². The van der Waals surface area contributed by atoms with Crippen molar-refractivity contribution in [2.75, 3.05) is 17.7 Å². The van der Waals surface area contributed by atoms with Gasteiger partial charge in [0, 0.05) is 11.3 Å². The van der Waals surface area contributed by atoms with Gasteiger partial charge in [0.1, 0.15) is 5.92 Å². The Labute approximate surface area is 181 Å². The molecular formula is C26H24N2O3. The van der Waals surface area contributed by atoms with Gasteiger partial charge < -0.3 is 15.4 Å². The van der Waals surface area contributed by atoms with E-state index >= 15 is 0 Å². The first kappa shape index (κ1) is 19.4. The lowest BCUT2D eigenvalue weighted by Gasteiger charge is -2.32. The fourth-order valence-electron chi connectivity index (χ4n) is 4.87. The molecule has 0 saturated heterocycles. The van der Waals surface area contributed by atoms with Crippen molar-refractivity contribution in [3.8, 4) is 0 Å². The number of rotatable bonds is 2. The van der Waals surface area contributed by atoms with E-state index in [1.807, 2.05) is 49.4 Å². The number of methoxy groups -OCH3 is 1. The Morgan fingerprint density at radius 1 is 0.968 bits per heavy atom. The van der Waals surface area contributed by atoms with Crippen LogP contribution < -0.4 is 10.6 Å². The average Bonchev–Trinajstić information content (AvgIpc) is 2.95. The number of hydrogen-bond donors (Lipinski definition) is 2. The minimum atomic E-state index is -0.800. The third kappa shape index (κ3) is 3.17. The molecule has 0 saturated carbocycles. The normalized spacial score (nSPS) is 22.6. The maximum Gasteiger partial charge on any atom is 0.316 e. The van der Waals surface area contributed by atoms with Crippen LogP contribution in [0.25, 0.3) is 10.8 Å². The van der Waals surface area contributed by atoms with Crippen LogP contribution in [-0.2, 0) is 14.3 Å². The molecule has 1 aliphatic carbocycles. The van der Waals surface area contributed by atoms with Crippen LogP contribution in [0.2, 0.25) is 0 Å². The number of fused-ring (bicyclic) bond motifs is 2. The summed E-state index contributed by atoms with van der Waals surface area (Å²) < 4.78 is 4.99. The Kier molecular flexibility index (Phi) is 4.74. The lowest BCUT2D eigenvalue weighted by Crippen LogP contribution is -2.39. The van der Waals surface area contributed by atoms with Gasteiger partial charge in [-0.15, -0.1) is 0 Å². The Morgan fingerprint density at radius 3 is 2.48 bits per heavy atom. The SMILES string of the molecule is COC(=O)[C@@H]1C(=O)C2=C(C[C@H]1C)Nc1ccccc1N[C@@H]2c1cccc2ccccc12. The molecule has 3 aromatic rings. The summed E-state index contributed by atoms with van der Waals surface area (Å²) in [6, 6.07) is 21.9. The number of allylic oxidation sites excluding steroid dienone is 1. The molecule has 2 N–H and O–H groups in total. The Morgan fingerprint density at radius 2 is 1.68 bits per heavy atom. The van der Waals surface area contributed by atoms with Gasteiger partial charge >= 0.3 is 5.97 Å². The van der Waals surface area contributed by atoms with Gasteiger partial charge in [0.2, 0.25) is 0 Å². The van der Waals surface area contributed by atoms with E-state index in [0.29, 0.717) is 12.0 Å². The van der Waals surface area contributed by atoms with E-state index in [1.165, 1.54) is 7.11 Å². The number of Topliss-reactive ketones (excluding diaryl/α,β-unsaturated/α-hetero) is 1. The molecule has 0 unspecified atom stereocenters. The van der Waals surface area contributed by atoms with Crippen LogP contribution in [-0.4, -0.2) is 18.9 Å². The second-order valence-corrected chi connectivity index (χ2v) is 8.26. The van der Waals surface area contributed by atoms with E-state index in [0.717, 1.165) is 33.4 Å². The molecule has 0 aromatic heterocycles. The lowest BCUT2D eigenvalue weighted by molar-refractivity contribution is -0.151. The highest BCUT2D eigenvalue weighted by Crippen LogP contribution is 2.44. The van der Waals surface area contributed by atoms with Crippen molar-refractivity contribution in [1.82, 2.24) is 0 Å². The third-order valence-electron chi connectivity index (χ3n) is 6.36. The van der Waals surface area contributed by atoms with Crippen molar-refractivity contribution in [2.45, 2.75) is 19.4 Å². The molecule has 0 fully saturated rings. The number of anilines is 2. The second kappa shape index (κ2) is 7.58. The molecule has 5 rings (SSSR count). The minimum absolute atomic E-state index is 0.148. The van der Waals surface area contributed by atoms with Crippen LogP contribution >= 0.6 is 0 Å². The predicted octanol–water partition coefficient (Wildman–Crippen LogP) is 5.07. The number of esters is 1. The molecule has 31 heavy (non-hydrogen) atoms. The van der Waals surface area contributed by atoms with Gasteiger partial charge in [-0.1, -0.05) is 61.5 Å². The van der Waals surface area contributed by atoms with Gasteiger partial charge in [-0.05, 0) is 40.8 Å². The number of ether oxygens (including phenoxy) is 1. The van der Waals surface area contributed by atoms with Gasteiger partial charge in [-0.2, -0.15) is 0 Å². The maximum atomic E-state index is 13.8. The summed E-state index contributed by atoms with van der Waals surface area (Å²) in [5.41, 5.74) is 4.34. The van der Waals surface area contributed by atoms with E-state index in [2.05, 4.69) is 34.9 Å². The van der Waals surface area contributed by atoms with Crippen molar-refractivity contribution in [2.24, 2.45) is 11.8 Å². The van der Waals surface area contributed by atoms with Gasteiger partial charge in [-0.3, -0.25) is 9.59 Å². The number of carbonyl (C=O) groups is 2. The smallest absolute Gasteiger partial charge is 0.316 e. The molecule has 0 amide bonds. The zero-order chi connectivity index (χ0) is 21.5. The Hall–Kier alpha value is -3.60. The van der Waals surface area contributed by atoms with Crippen LogP contribution in [0.4, 0.5) is 11.4 Å². The van der Waals surface area contributed by atoms with Crippen LogP contribution in [0.5, 0.6) is 0 Å². The van der Waals surface area contributed by atoms with Gasteiger partial charge in [0.15, 0.2) is 5.78 Å².